The molecule has 0 saturated heterocycles. The van der Waals surface area contributed by atoms with Gasteiger partial charge in [0.1, 0.15) is 0 Å². The van der Waals surface area contributed by atoms with Crippen molar-refractivity contribution in [3.8, 4) is 5.75 Å². The molecule has 1 aliphatic heterocycles. The van der Waals surface area contributed by atoms with Crippen LogP contribution in [-0.4, -0.2) is 22.9 Å². The van der Waals surface area contributed by atoms with Crippen molar-refractivity contribution in [2.45, 2.75) is 6.10 Å². The van der Waals surface area contributed by atoms with Crippen LogP contribution in [0.5, 0.6) is 5.75 Å². The number of aromatic nitrogens is 2. The monoisotopic (exact) mass is 241 g/mol. The number of nitrogens with zero attached hydrogens (tertiary/aromatic N) is 3. The van der Waals surface area contributed by atoms with E-state index < -0.39 is 6.10 Å². The maximum Gasteiger partial charge on any atom is 0.273 e. The summed E-state index contributed by atoms with van der Waals surface area (Å²) in [6.07, 6.45) is 4.29. The van der Waals surface area contributed by atoms with Crippen LogP contribution in [0.2, 0.25) is 0 Å². The summed E-state index contributed by atoms with van der Waals surface area (Å²) in [5.74, 6) is 1.03. The number of hydrogen-bond donors (Lipinski definition) is 0. The van der Waals surface area contributed by atoms with Gasteiger partial charge in [0, 0.05) is 31.2 Å². The maximum absolute atomic E-state index is 12.2. The molecule has 0 aliphatic carbocycles. The van der Waals surface area contributed by atoms with Crippen LogP contribution in [0.15, 0.2) is 42.9 Å². The minimum absolute atomic E-state index is 0.132. The van der Waals surface area contributed by atoms with Crippen LogP contribution < -0.4 is 9.64 Å². The molecule has 0 bridgehead atoms. The molecule has 18 heavy (non-hydrogen) atoms. The van der Waals surface area contributed by atoms with Crippen molar-refractivity contribution < 1.29 is 9.53 Å². The lowest BCUT2D eigenvalue weighted by atomic mass is 10.1. The Morgan fingerprint density at radius 3 is 2.78 bits per heavy atom. The number of hydrogen-bond acceptors (Lipinski definition) is 4. The highest BCUT2D eigenvalue weighted by atomic mass is 16.5. The number of likely N-dealkylation sites (N-methyl/N-ethyl adjacent to an activating group) is 1. The van der Waals surface area contributed by atoms with Gasteiger partial charge in [-0.05, 0) is 24.3 Å². The first kappa shape index (κ1) is 10.7. The van der Waals surface area contributed by atoms with Gasteiger partial charge in [-0.15, -0.1) is 0 Å². The van der Waals surface area contributed by atoms with Gasteiger partial charge in [0.05, 0.1) is 0 Å². The van der Waals surface area contributed by atoms with Crippen molar-refractivity contribution in [3.05, 3.63) is 48.4 Å². The van der Waals surface area contributed by atoms with Gasteiger partial charge >= 0.3 is 0 Å². The second kappa shape index (κ2) is 4.10. The molecule has 3 rings (SSSR count). The van der Waals surface area contributed by atoms with E-state index >= 15 is 0 Å². The van der Waals surface area contributed by atoms with Crippen molar-refractivity contribution in [1.29, 1.82) is 0 Å². The molecular weight excluding hydrogens is 230 g/mol. The lowest BCUT2D eigenvalue weighted by Crippen LogP contribution is -2.38. The third kappa shape index (κ3) is 1.60. The molecule has 0 fully saturated rings. The van der Waals surface area contributed by atoms with E-state index in [0.717, 1.165) is 5.56 Å². The molecule has 1 unspecified atom stereocenters. The van der Waals surface area contributed by atoms with Crippen molar-refractivity contribution >= 4 is 11.7 Å². The molecular formula is C13H11N3O2. The molecule has 90 valence electrons. The average molecular weight is 241 g/mol. The van der Waals surface area contributed by atoms with Gasteiger partial charge in [-0.25, -0.2) is 4.98 Å². The van der Waals surface area contributed by atoms with E-state index in [4.69, 9.17) is 4.74 Å². The first-order chi connectivity index (χ1) is 8.77. The molecule has 2 aromatic rings. The number of rotatable bonds is 1. The molecule has 3 heterocycles. The highest BCUT2D eigenvalue weighted by Gasteiger charge is 2.34. The van der Waals surface area contributed by atoms with Crippen molar-refractivity contribution in [2.24, 2.45) is 0 Å². The molecule has 5 nitrogen and oxygen atoms in total. The fourth-order valence-electron chi connectivity index (χ4n) is 1.93. The zero-order valence-electron chi connectivity index (χ0n) is 9.78. The van der Waals surface area contributed by atoms with E-state index in [1.807, 2.05) is 0 Å². The van der Waals surface area contributed by atoms with Crippen LogP contribution in [0, 0.1) is 0 Å². The van der Waals surface area contributed by atoms with Crippen molar-refractivity contribution in [1.82, 2.24) is 9.97 Å². The predicted molar refractivity (Wildman–Crippen MR) is 65.3 cm³/mol. The Hall–Kier alpha value is -2.43. The Kier molecular flexibility index (Phi) is 2.44. The van der Waals surface area contributed by atoms with Gasteiger partial charge in [-0.2, -0.15) is 0 Å². The maximum atomic E-state index is 12.2. The number of carbonyl (C=O) groups is 1. The van der Waals surface area contributed by atoms with Crippen LogP contribution in [0.25, 0.3) is 0 Å². The molecule has 0 radical (unpaired) electrons. The lowest BCUT2D eigenvalue weighted by molar-refractivity contribution is -0.126. The molecule has 1 aliphatic rings. The van der Waals surface area contributed by atoms with Crippen LogP contribution in [0.3, 0.4) is 0 Å². The van der Waals surface area contributed by atoms with Gasteiger partial charge in [-0.1, -0.05) is 0 Å². The quantitative estimate of drug-likeness (QED) is 0.760. The van der Waals surface area contributed by atoms with E-state index in [0.29, 0.717) is 11.6 Å². The molecule has 0 saturated carbocycles. The Bertz CT molecular complexity index is 586. The molecule has 2 aromatic heterocycles. The van der Waals surface area contributed by atoms with Crippen LogP contribution in [-0.2, 0) is 4.79 Å². The number of fused-ring (bicyclic) bond motifs is 1. The van der Waals surface area contributed by atoms with Gasteiger partial charge in [0.15, 0.2) is 11.6 Å². The summed E-state index contributed by atoms with van der Waals surface area (Å²) >= 11 is 0. The number of pyridine rings is 2. The summed E-state index contributed by atoms with van der Waals surface area (Å²) in [5.41, 5.74) is 0.788. The molecule has 1 atom stereocenters. The van der Waals surface area contributed by atoms with E-state index in [9.17, 15) is 4.79 Å². The van der Waals surface area contributed by atoms with Gasteiger partial charge < -0.3 is 4.74 Å². The zero-order chi connectivity index (χ0) is 12.5. The van der Waals surface area contributed by atoms with E-state index in [-0.39, 0.29) is 5.91 Å². The second-order valence-electron chi connectivity index (χ2n) is 4.00. The molecule has 0 N–H and O–H groups in total. The first-order valence-electron chi connectivity index (χ1n) is 5.56. The molecule has 5 heteroatoms. The van der Waals surface area contributed by atoms with Crippen LogP contribution >= 0.6 is 0 Å². The van der Waals surface area contributed by atoms with Crippen LogP contribution in [0.4, 0.5) is 5.82 Å². The fraction of sp³-hybridized carbons (Fsp3) is 0.154. The summed E-state index contributed by atoms with van der Waals surface area (Å²) in [6, 6.07) is 7.14. The number of carbonyl (C=O) groups excluding carboxylic acids is 1. The molecule has 0 spiro atoms. The minimum Gasteiger partial charge on any atom is -0.472 e. The summed E-state index contributed by atoms with van der Waals surface area (Å²) < 4.78 is 5.72. The fourth-order valence-corrected chi connectivity index (χ4v) is 1.93. The van der Waals surface area contributed by atoms with Gasteiger partial charge in [-0.3, -0.25) is 14.7 Å². The summed E-state index contributed by atoms with van der Waals surface area (Å²) in [4.78, 5) is 21.8. The molecule has 1 amide bonds. The normalized spacial score (nSPS) is 18.2. The highest BCUT2D eigenvalue weighted by molar-refractivity contribution is 5.99. The lowest BCUT2D eigenvalue weighted by Gasteiger charge is -2.30. The summed E-state index contributed by atoms with van der Waals surface area (Å²) in [7, 11) is 1.70. The van der Waals surface area contributed by atoms with Crippen LogP contribution in [0.1, 0.15) is 11.7 Å². The topological polar surface area (TPSA) is 55.3 Å². The Morgan fingerprint density at radius 1 is 1.22 bits per heavy atom. The minimum atomic E-state index is -0.630. The van der Waals surface area contributed by atoms with E-state index in [2.05, 4.69) is 9.97 Å². The van der Waals surface area contributed by atoms with Gasteiger partial charge in [0.25, 0.3) is 5.91 Å². The third-order valence-corrected chi connectivity index (χ3v) is 2.88. The largest absolute Gasteiger partial charge is 0.472 e. The summed E-state index contributed by atoms with van der Waals surface area (Å²) in [6.45, 7) is 0. The Balaban J connectivity index is 2.04. The average Bonchev–Trinajstić information content (AvgIpc) is 2.44. The Labute approximate surface area is 104 Å². The number of amides is 1. The van der Waals surface area contributed by atoms with Crippen molar-refractivity contribution in [3.63, 3.8) is 0 Å². The smallest absolute Gasteiger partial charge is 0.273 e. The zero-order valence-corrected chi connectivity index (χ0v) is 9.78. The SMILES string of the molecule is CN1C(=O)C(c2ccncc2)Oc2cccnc21. The predicted octanol–water partition coefficient (Wildman–Crippen LogP) is 1.57. The second-order valence-corrected chi connectivity index (χ2v) is 4.00. The number of ether oxygens (including phenoxy) is 1. The van der Waals surface area contributed by atoms with E-state index in [1.165, 1.54) is 4.90 Å². The van der Waals surface area contributed by atoms with E-state index in [1.54, 1.807) is 49.9 Å². The number of anilines is 1. The standard InChI is InChI=1S/C13H11N3O2/c1-16-12-10(3-2-6-15-12)18-11(13(16)17)9-4-7-14-8-5-9/h2-8,11H,1H3. The van der Waals surface area contributed by atoms with Crippen molar-refractivity contribution in [2.75, 3.05) is 11.9 Å². The Morgan fingerprint density at radius 2 is 2.00 bits per heavy atom. The third-order valence-electron chi connectivity index (χ3n) is 2.88. The highest BCUT2D eigenvalue weighted by Crippen LogP contribution is 2.35. The molecule has 0 aromatic carbocycles. The van der Waals surface area contributed by atoms with Gasteiger partial charge in [0.2, 0.25) is 6.10 Å². The summed E-state index contributed by atoms with van der Waals surface area (Å²) in [5, 5.41) is 0. The first-order valence-corrected chi connectivity index (χ1v) is 5.56.